The number of amides is 1. The molecule has 7 nitrogen and oxygen atoms in total. The molecule has 1 aliphatic rings. The first-order chi connectivity index (χ1) is 15.3. The van der Waals surface area contributed by atoms with Crippen LogP contribution in [-0.4, -0.2) is 69.3 Å². The maximum absolute atomic E-state index is 13.1. The van der Waals surface area contributed by atoms with E-state index in [4.69, 9.17) is 11.6 Å². The number of halogens is 1. The zero-order chi connectivity index (χ0) is 23.3. The zero-order valence-electron chi connectivity index (χ0n) is 18.8. The van der Waals surface area contributed by atoms with Crippen molar-refractivity contribution in [2.45, 2.75) is 25.7 Å². The second kappa shape index (κ2) is 10.7. The van der Waals surface area contributed by atoms with Gasteiger partial charge >= 0.3 is 0 Å². The average molecular weight is 479 g/mol. The van der Waals surface area contributed by atoms with Gasteiger partial charge in [0.05, 0.1) is 26.9 Å². The smallest absolute Gasteiger partial charge is 0.257 e. The molecule has 0 aliphatic carbocycles. The van der Waals surface area contributed by atoms with Crippen molar-refractivity contribution in [1.29, 1.82) is 0 Å². The molecule has 1 N–H and O–H groups in total. The summed E-state index contributed by atoms with van der Waals surface area (Å²) in [6, 6.07) is 11.8. The molecule has 9 heteroatoms. The van der Waals surface area contributed by atoms with Gasteiger partial charge in [0.25, 0.3) is 5.91 Å². The number of hydrogen-bond donors (Lipinski definition) is 1. The first-order valence-electron chi connectivity index (χ1n) is 11.0. The van der Waals surface area contributed by atoms with E-state index in [-0.39, 0.29) is 10.8 Å². The van der Waals surface area contributed by atoms with E-state index in [0.717, 1.165) is 38.4 Å². The third kappa shape index (κ3) is 5.26. The summed E-state index contributed by atoms with van der Waals surface area (Å²) in [6.07, 6.45) is 0. The van der Waals surface area contributed by atoms with Crippen LogP contribution in [-0.2, 0) is 10.0 Å². The number of hydrogen-bond acceptors (Lipinski definition) is 5. The van der Waals surface area contributed by atoms with Crippen LogP contribution < -0.4 is 10.2 Å². The summed E-state index contributed by atoms with van der Waals surface area (Å²) in [5.74, 6) is -0.374. The summed E-state index contributed by atoms with van der Waals surface area (Å²) in [5.41, 5.74) is 1.61. The third-order valence-electron chi connectivity index (χ3n) is 5.84. The highest BCUT2D eigenvalue weighted by atomic mass is 35.5. The van der Waals surface area contributed by atoms with Gasteiger partial charge in [0.15, 0.2) is 0 Å². The minimum Gasteiger partial charge on any atom is -0.367 e. The molecule has 0 aromatic heterocycles. The van der Waals surface area contributed by atoms with Gasteiger partial charge < -0.3 is 15.1 Å². The maximum atomic E-state index is 13.1. The SMILES string of the molecule is CCN1CCN(c2ccc(S(=O)(=O)N(CC)CC)cc2NC(=O)c2ccccc2Cl)CC1. The predicted octanol–water partition coefficient (Wildman–Crippen LogP) is 3.76. The number of piperazine rings is 1. The molecular formula is C23H31ClN4O3S. The summed E-state index contributed by atoms with van der Waals surface area (Å²) in [4.78, 5) is 17.7. The molecule has 0 saturated carbocycles. The number of likely N-dealkylation sites (N-methyl/N-ethyl adjacent to an activating group) is 1. The van der Waals surface area contributed by atoms with Crippen LogP contribution in [0.4, 0.5) is 11.4 Å². The number of sulfonamides is 1. The molecule has 32 heavy (non-hydrogen) atoms. The fraction of sp³-hybridized carbons (Fsp3) is 0.435. The lowest BCUT2D eigenvalue weighted by Crippen LogP contribution is -2.46. The Balaban J connectivity index is 2.00. The van der Waals surface area contributed by atoms with Crippen LogP contribution in [0.5, 0.6) is 0 Å². The van der Waals surface area contributed by atoms with Crippen molar-refractivity contribution >= 4 is 38.9 Å². The molecule has 0 spiro atoms. The molecule has 1 aliphatic heterocycles. The van der Waals surface area contributed by atoms with Crippen molar-refractivity contribution in [1.82, 2.24) is 9.21 Å². The van der Waals surface area contributed by atoms with Crippen LogP contribution in [0.2, 0.25) is 5.02 Å². The lowest BCUT2D eigenvalue weighted by atomic mass is 10.1. The van der Waals surface area contributed by atoms with E-state index >= 15 is 0 Å². The highest BCUT2D eigenvalue weighted by Gasteiger charge is 2.25. The zero-order valence-corrected chi connectivity index (χ0v) is 20.4. The molecule has 2 aromatic carbocycles. The first kappa shape index (κ1) is 24.5. The van der Waals surface area contributed by atoms with E-state index in [0.29, 0.717) is 29.4 Å². The number of rotatable bonds is 8. The average Bonchev–Trinajstić information content (AvgIpc) is 2.80. The molecule has 0 bridgehead atoms. The van der Waals surface area contributed by atoms with Crippen LogP contribution in [0.15, 0.2) is 47.4 Å². The van der Waals surface area contributed by atoms with Gasteiger partial charge in [-0.2, -0.15) is 4.31 Å². The molecule has 1 heterocycles. The van der Waals surface area contributed by atoms with Crippen molar-refractivity contribution in [2.75, 3.05) is 56.0 Å². The quantitative estimate of drug-likeness (QED) is 0.625. The van der Waals surface area contributed by atoms with Crippen molar-refractivity contribution in [2.24, 2.45) is 0 Å². The Morgan fingerprint density at radius 2 is 1.69 bits per heavy atom. The van der Waals surface area contributed by atoms with E-state index in [1.807, 2.05) is 13.8 Å². The summed E-state index contributed by atoms with van der Waals surface area (Å²) in [7, 11) is -3.66. The lowest BCUT2D eigenvalue weighted by Gasteiger charge is -2.36. The van der Waals surface area contributed by atoms with Gasteiger partial charge in [-0.3, -0.25) is 4.79 Å². The number of nitrogens with zero attached hydrogens (tertiary/aromatic N) is 3. The summed E-state index contributed by atoms with van der Waals surface area (Å²) < 4.78 is 27.6. The second-order valence-electron chi connectivity index (χ2n) is 7.62. The Morgan fingerprint density at radius 1 is 1.03 bits per heavy atom. The van der Waals surface area contributed by atoms with Gasteiger partial charge in [-0.1, -0.05) is 44.5 Å². The Hall–Kier alpha value is -2.13. The van der Waals surface area contributed by atoms with E-state index in [9.17, 15) is 13.2 Å². The van der Waals surface area contributed by atoms with Crippen LogP contribution in [0, 0.1) is 0 Å². The van der Waals surface area contributed by atoms with Gasteiger partial charge in [0.1, 0.15) is 0 Å². The molecular weight excluding hydrogens is 448 g/mol. The number of nitrogens with one attached hydrogen (secondary N) is 1. The Morgan fingerprint density at radius 3 is 2.28 bits per heavy atom. The normalized spacial score (nSPS) is 15.2. The molecule has 3 rings (SSSR count). The topological polar surface area (TPSA) is 73.0 Å². The highest BCUT2D eigenvalue weighted by Crippen LogP contribution is 2.32. The van der Waals surface area contributed by atoms with Gasteiger partial charge in [-0.05, 0) is 36.9 Å². The largest absolute Gasteiger partial charge is 0.367 e. The Kier molecular flexibility index (Phi) is 8.16. The second-order valence-corrected chi connectivity index (χ2v) is 9.97. The van der Waals surface area contributed by atoms with Crippen molar-refractivity contribution < 1.29 is 13.2 Å². The standard InChI is InChI=1S/C23H31ClN4O3S/c1-4-26-13-15-27(16-14-26)22-12-11-18(32(30,31)28(5-2)6-3)17-21(22)25-23(29)19-9-7-8-10-20(19)24/h7-12,17H,4-6,13-16H2,1-3H3,(H,25,29). The molecule has 174 valence electrons. The predicted molar refractivity (Wildman–Crippen MR) is 130 cm³/mol. The molecule has 1 amide bonds. The van der Waals surface area contributed by atoms with Crippen LogP contribution in [0.1, 0.15) is 31.1 Å². The van der Waals surface area contributed by atoms with Crippen molar-refractivity contribution in [3.8, 4) is 0 Å². The van der Waals surface area contributed by atoms with Gasteiger partial charge in [0.2, 0.25) is 10.0 Å². The molecule has 1 saturated heterocycles. The van der Waals surface area contributed by atoms with Gasteiger partial charge in [-0.25, -0.2) is 8.42 Å². The number of anilines is 2. The Bertz CT molecular complexity index is 1050. The van der Waals surface area contributed by atoms with Crippen molar-refractivity contribution in [3.05, 3.63) is 53.1 Å². The van der Waals surface area contributed by atoms with Gasteiger partial charge in [-0.15, -0.1) is 0 Å². The minimum atomic E-state index is -3.66. The maximum Gasteiger partial charge on any atom is 0.257 e. The highest BCUT2D eigenvalue weighted by molar-refractivity contribution is 7.89. The fourth-order valence-electron chi connectivity index (χ4n) is 3.90. The molecule has 1 fully saturated rings. The van der Waals surface area contributed by atoms with E-state index in [1.165, 1.54) is 4.31 Å². The summed E-state index contributed by atoms with van der Waals surface area (Å²) in [6.45, 7) is 10.9. The van der Waals surface area contributed by atoms with E-state index < -0.39 is 10.0 Å². The van der Waals surface area contributed by atoms with E-state index in [1.54, 1.807) is 42.5 Å². The molecule has 0 radical (unpaired) electrons. The van der Waals surface area contributed by atoms with Crippen LogP contribution in [0.3, 0.4) is 0 Å². The molecule has 2 aromatic rings. The monoisotopic (exact) mass is 478 g/mol. The summed E-state index contributed by atoms with van der Waals surface area (Å²) in [5, 5.41) is 3.26. The number of carbonyl (C=O) groups excluding carboxylic acids is 1. The Labute approximate surface area is 196 Å². The lowest BCUT2D eigenvalue weighted by molar-refractivity contribution is 0.102. The number of carbonyl (C=O) groups is 1. The number of benzene rings is 2. The molecule has 0 atom stereocenters. The van der Waals surface area contributed by atoms with Crippen LogP contribution in [0.25, 0.3) is 0 Å². The molecule has 0 unspecified atom stereocenters. The van der Waals surface area contributed by atoms with E-state index in [2.05, 4.69) is 22.0 Å². The van der Waals surface area contributed by atoms with Crippen molar-refractivity contribution in [3.63, 3.8) is 0 Å². The summed E-state index contributed by atoms with van der Waals surface area (Å²) >= 11 is 6.21. The van der Waals surface area contributed by atoms with Gasteiger partial charge in [0, 0.05) is 39.3 Å². The van der Waals surface area contributed by atoms with Crippen LogP contribution >= 0.6 is 11.6 Å². The fourth-order valence-corrected chi connectivity index (χ4v) is 5.61. The first-order valence-corrected chi connectivity index (χ1v) is 12.8. The third-order valence-corrected chi connectivity index (χ3v) is 8.21. The minimum absolute atomic E-state index is 0.159.